The standard InChI is InChI=1S/C24H38N2O4/c1-19(27)20-9-10-22(23(15-20)29-2)30-17-21(28)16-25-18-24(11-5-3-6-12-24)26-13-7-4-8-14-26/h9-10,15,21,25,28H,3-8,11-14,16-18H2,1-2H3/p+2/t21-/m1/s1. The highest BCUT2D eigenvalue weighted by Gasteiger charge is 2.43. The molecule has 0 unspecified atom stereocenters. The second kappa shape index (κ2) is 11.1. The normalized spacial score (nSPS) is 20.5. The molecule has 30 heavy (non-hydrogen) atoms. The number of nitrogens with one attached hydrogen (secondary N) is 1. The number of methoxy groups -OCH3 is 1. The van der Waals surface area contributed by atoms with Gasteiger partial charge in [-0.1, -0.05) is 6.42 Å². The van der Waals surface area contributed by atoms with Gasteiger partial charge in [0, 0.05) is 18.4 Å². The molecule has 3 rings (SSSR count). The number of carbonyl (C=O) groups is 1. The lowest BCUT2D eigenvalue weighted by Gasteiger charge is -2.43. The predicted molar refractivity (Wildman–Crippen MR) is 117 cm³/mol. The number of hydrogen-bond donors (Lipinski definition) is 3. The van der Waals surface area contributed by atoms with Crippen LogP contribution in [-0.2, 0) is 0 Å². The third-order valence-electron chi connectivity index (χ3n) is 6.99. The summed E-state index contributed by atoms with van der Waals surface area (Å²) in [6, 6.07) is 5.15. The van der Waals surface area contributed by atoms with Gasteiger partial charge >= 0.3 is 0 Å². The summed E-state index contributed by atoms with van der Waals surface area (Å²) in [7, 11) is 1.56. The Hall–Kier alpha value is -1.63. The van der Waals surface area contributed by atoms with Gasteiger partial charge in [-0.2, -0.15) is 0 Å². The molecule has 168 valence electrons. The average molecular weight is 421 g/mol. The molecule has 1 aliphatic heterocycles. The van der Waals surface area contributed by atoms with Crippen molar-refractivity contribution in [2.45, 2.75) is 69.9 Å². The number of aliphatic hydroxyl groups is 1. The molecule has 1 saturated heterocycles. The largest absolute Gasteiger partial charge is 0.493 e. The minimum absolute atomic E-state index is 0.0121. The van der Waals surface area contributed by atoms with E-state index in [-0.39, 0.29) is 12.4 Å². The molecule has 4 N–H and O–H groups in total. The quantitative estimate of drug-likeness (QED) is 0.493. The maximum Gasteiger partial charge on any atom is 0.161 e. The molecular weight excluding hydrogens is 380 g/mol. The molecule has 0 spiro atoms. The minimum atomic E-state index is -0.542. The highest BCUT2D eigenvalue weighted by Crippen LogP contribution is 2.28. The van der Waals surface area contributed by atoms with E-state index in [1.165, 1.54) is 71.4 Å². The summed E-state index contributed by atoms with van der Waals surface area (Å²) < 4.78 is 11.1. The fourth-order valence-corrected chi connectivity index (χ4v) is 5.25. The van der Waals surface area contributed by atoms with Gasteiger partial charge in [-0.15, -0.1) is 0 Å². The van der Waals surface area contributed by atoms with Crippen molar-refractivity contribution >= 4 is 5.78 Å². The molecule has 1 aromatic rings. The van der Waals surface area contributed by atoms with Crippen molar-refractivity contribution in [3.63, 3.8) is 0 Å². The molecule has 0 radical (unpaired) electrons. The first-order chi connectivity index (χ1) is 14.5. The molecule has 1 saturated carbocycles. The number of piperidine rings is 1. The number of ketones is 1. The smallest absolute Gasteiger partial charge is 0.161 e. The van der Waals surface area contributed by atoms with Gasteiger partial charge in [0.05, 0.1) is 20.2 Å². The van der Waals surface area contributed by atoms with Gasteiger partial charge < -0.3 is 24.8 Å². The van der Waals surface area contributed by atoms with Gasteiger partial charge in [0.25, 0.3) is 0 Å². The van der Waals surface area contributed by atoms with Gasteiger partial charge in [-0.3, -0.25) is 4.79 Å². The molecule has 1 heterocycles. The van der Waals surface area contributed by atoms with E-state index >= 15 is 0 Å². The van der Waals surface area contributed by atoms with Crippen LogP contribution in [0.3, 0.4) is 0 Å². The Labute approximate surface area is 180 Å². The van der Waals surface area contributed by atoms with E-state index in [1.54, 1.807) is 25.3 Å². The van der Waals surface area contributed by atoms with Gasteiger partial charge in [0.1, 0.15) is 31.3 Å². The molecule has 1 aliphatic carbocycles. The number of likely N-dealkylation sites (tertiary alicyclic amines) is 1. The summed E-state index contributed by atoms with van der Waals surface area (Å²) in [5.41, 5.74) is 0.983. The third kappa shape index (κ3) is 5.96. The van der Waals surface area contributed by atoms with Crippen LogP contribution in [0.5, 0.6) is 11.5 Å². The van der Waals surface area contributed by atoms with Crippen LogP contribution in [0.2, 0.25) is 0 Å². The van der Waals surface area contributed by atoms with Crippen LogP contribution in [0.1, 0.15) is 68.6 Å². The van der Waals surface area contributed by atoms with E-state index in [1.807, 2.05) is 4.90 Å². The Balaban J connectivity index is 1.49. The SMILES string of the molecule is COc1cc(C(C)=O)ccc1OC[C@H](O)C[NH2+]CC1([NH+]2CCCCC2)CCCCC1. The zero-order chi connectivity index (χ0) is 21.4. The fourth-order valence-electron chi connectivity index (χ4n) is 5.25. The summed E-state index contributed by atoms with van der Waals surface area (Å²) in [4.78, 5) is 13.3. The molecule has 2 aliphatic rings. The summed E-state index contributed by atoms with van der Waals surface area (Å²) in [6.45, 7) is 6.11. The molecule has 1 aromatic carbocycles. The lowest BCUT2D eigenvalue weighted by atomic mass is 9.79. The average Bonchev–Trinajstić information content (AvgIpc) is 2.78. The monoisotopic (exact) mass is 420 g/mol. The second-order valence-electron chi connectivity index (χ2n) is 9.12. The van der Waals surface area contributed by atoms with Crippen molar-refractivity contribution in [1.29, 1.82) is 0 Å². The van der Waals surface area contributed by atoms with Crippen LogP contribution >= 0.6 is 0 Å². The predicted octanol–water partition coefficient (Wildman–Crippen LogP) is 0.973. The third-order valence-corrected chi connectivity index (χ3v) is 6.99. The molecule has 0 bridgehead atoms. The van der Waals surface area contributed by atoms with Crippen molar-refractivity contribution < 1.29 is 29.6 Å². The second-order valence-corrected chi connectivity index (χ2v) is 9.12. The maximum absolute atomic E-state index is 11.5. The highest BCUT2D eigenvalue weighted by molar-refractivity contribution is 5.94. The number of quaternary nitrogens is 2. The number of hydrogen-bond acceptors (Lipinski definition) is 4. The lowest BCUT2D eigenvalue weighted by Crippen LogP contribution is -3.24. The Morgan fingerprint density at radius 1 is 1.13 bits per heavy atom. The number of nitrogens with two attached hydrogens (primary N) is 1. The summed E-state index contributed by atoms with van der Waals surface area (Å²) in [5, 5.41) is 12.8. The number of Topliss-reactive ketones (excluding diaryl/α,β-unsaturated/α-hetero) is 1. The van der Waals surface area contributed by atoms with Crippen molar-refractivity contribution in [1.82, 2.24) is 0 Å². The van der Waals surface area contributed by atoms with Crippen molar-refractivity contribution in [3.05, 3.63) is 23.8 Å². The summed E-state index contributed by atoms with van der Waals surface area (Å²) in [5.74, 6) is 1.07. The fraction of sp³-hybridized carbons (Fsp3) is 0.708. The highest BCUT2D eigenvalue weighted by atomic mass is 16.5. The first-order valence-electron chi connectivity index (χ1n) is 11.7. The molecular formula is C24H40N2O4+2. The Morgan fingerprint density at radius 2 is 1.83 bits per heavy atom. The van der Waals surface area contributed by atoms with Crippen LogP contribution in [0.15, 0.2) is 18.2 Å². The summed E-state index contributed by atoms with van der Waals surface area (Å²) >= 11 is 0. The van der Waals surface area contributed by atoms with Gasteiger partial charge in [0.2, 0.25) is 0 Å². The maximum atomic E-state index is 11.5. The zero-order valence-electron chi connectivity index (χ0n) is 18.8. The molecule has 2 fully saturated rings. The Morgan fingerprint density at radius 3 is 2.50 bits per heavy atom. The van der Waals surface area contributed by atoms with Crippen LogP contribution in [0.4, 0.5) is 0 Å². The molecule has 0 amide bonds. The van der Waals surface area contributed by atoms with E-state index in [9.17, 15) is 9.90 Å². The summed E-state index contributed by atoms with van der Waals surface area (Å²) in [6.07, 6.45) is 10.3. The lowest BCUT2D eigenvalue weighted by molar-refractivity contribution is -0.972. The van der Waals surface area contributed by atoms with Crippen molar-refractivity contribution in [2.24, 2.45) is 0 Å². The zero-order valence-corrected chi connectivity index (χ0v) is 18.8. The topological polar surface area (TPSA) is 76.8 Å². The molecule has 6 heteroatoms. The van der Waals surface area contributed by atoms with Crippen LogP contribution in [0.25, 0.3) is 0 Å². The van der Waals surface area contributed by atoms with Gasteiger partial charge in [-0.25, -0.2) is 0 Å². The van der Waals surface area contributed by atoms with Crippen LogP contribution < -0.4 is 19.7 Å². The number of benzene rings is 1. The Kier molecular flexibility index (Phi) is 8.54. The van der Waals surface area contributed by atoms with E-state index in [0.29, 0.717) is 29.1 Å². The van der Waals surface area contributed by atoms with E-state index in [4.69, 9.17) is 9.47 Å². The van der Waals surface area contributed by atoms with Gasteiger partial charge in [-0.05, 0) is 57.2 Å². The van der Waals surface area contributed by atoms with E-state index in [2.05, 4.69) is 5.32 Å². The van der Waals surface area contributed by atoms with Crippen LogP contribution in [-0.4, -0.2) is 62.4 Å². The number of carbonyl (C=O) groups excluding carboxylic acids is 1. The van der Waals surface area contributed by atoms with Crippen molar-refractivity contribution in [2.75, 3.05) is 39.9 Å². The van der Waals surface area contributed by atoms with E-state index in [0.717, 1.165) is 6.54 Å². The van der Waals surface area contributed by atoms with Crippen molar-refractivity contribution in [3.8, 4) is 11.5 Å². The molecule has 0 aromatic heterocycles. The molecule has 6 nitrogen and oxygen atoms in total. The van der Waals surface area contributed by atoms with Crippen LogP contribution in [0, 0.1) is 0 Å². The first kappa shape index (κ1) is 23.0. The first-order valence-corrected chi connectivity index (χ1v) is 11.7. The number of ether oxygens (including phenoxy) is 2. The number of aliphatic hydroxyl groups excluding tert-OH is 1. The van der Waals surface area contributed by atoms with Gasteiger partial charge in [0.15, 0.2) is 17.3 Å². The Bertz CT molecular complexity index is 682. The number of rotatable bonds is 10. The minimum Gasteiger partial charge on any atom is -0.493 e. The van der Waals surface area contributed by atoms with E-state index < -0.39 is 6.10 Å². The molecule has 1 atom stereocenters.